The molecule has 1 aliphatic heterocycles. The monoisotopic (exact) mass is 388 g/mol. The van der Waals surface area contributed by atoms with E-state index < -0.39 is 0 Å². The Balaban J connectivity index is 1.52. The molecule has 0 aliphatic carbocycles. The van der Waals surface area contributed by atoms with Gasteiger partial charge < -0.3 is 15.2 Å². The fourth-order valence-corrected chi connectivity index (χ4v) is 3.70. The topological polar surface area (TPSA) is 78.1 Å². The van der Waals surface area contributed by atoms with Crippen LogP contribution in [0.25, 0.3) is 16.5 Å². The van der Waals surface area contributed by atoms with E-state index >= 15 is 0 Å². The molecule has 0 radical (unpaired) electrons. The number of amides is 2. The molecule has 29 heavy (non-hydrogen) atoms. The van der Waals surface area contributed by atoms with Gasteiger partial charge in [0.05, 0.1) is 0 Å². The van der Waals surface area contributed by atoms with E-state index in [2.05, 4.69) is 21.4 Å². The number of likely N-dealkylation sites (N-methyl/N-ethyl adjacent to an activating group) is 1. The Bertz CT molecular complexity index is 1140. The van der Waals surface area contributed by atoms with Gasteiger partial charge in [-0.15, -0.1) is 0 Å². The predicted octanol–water partition coefficient (Wildman–Crippen LogP) is 3.82. The molecule has 1 aromatic carbocycles. The van der Waals surface area contributed by atoms with E-state index in [9.17, 15) is 9.59 Å². The lowest BCUT2D eigenvalue weighted by Gasteiger charge is -2.18. The Labute approximate surface area is 169 Å². The number of aryl methyl sites for hydroxylation is 2. The van der Waals surface area contributed by atoms with Gasteiger partial charge in [0.1, 0.15) is 5.82 Å². The molecule has 2 N–H and O–H groups in total. The molecule has 2 aromatic heterocycles. The van der Waals surface area contributed by atoms with Crippen molar-refractivity contribution < 1.29 is 9.59 Å². The Morgan fingerprint density at radius 3 is 2.90 bits per heavy atom. The lowest BCUT2D eigenvalue weighted by Crippen LogP contribution is -2.24. The maximum Gasteiger partial charge on any atom is 0.246 e. The Kier molecular flexibility index (Phi) is 4.92. The first-order valence-corrected chi connectivity index (χ1v) is 9.71. The van der Waals surface area contributed by atoms with Gasteiger partial charge in [-0.05, 0) is 54.7 Å². The highest BCUT2D eigenvalue weighted by atomic mass is 16.2. The minimum absolute atomic E-state index is 0.00519. The highest BCUT2D eigenvalue weighted by Gasteiger charge is 2.17. The van der Waals surface area contributed by atoms with E-state index in [1.165, 1.54) is 0 Å². The molecule has 0 atom stereocenters. The van der Waals surface area contributed by atoms with Crippen LogP contribution in [0.2, 0.25) is 0 Å². The van der Waals surface area contributed by atoms with Crippen molar-refractivity contribution in [3.05, 3.63) is 65.0 Å². The van der Waals surface area contributed by atoms with Crippen LogP contribution < -0.4 is 5.32 Å². The number of aromatic nitrogens is 2. The zero-order valence-electron chi connectivity index (χ0n) is 16.9. The van der Waals surface area contributed by atoms with Crippen molar-refractivity contribution in [2.24, 2.45) is 0 Å². The van der Waals surface area contributed by atoms with E-state index in [4.69, 9.17) is 0 Å². The summed E-state index contributed by atoms with van der Waals surface area (Å²) in [4.78, 5) is 33.7. The number of allylic oxidation sites excluding steroid dienone is 1. The van der Waals surface area contributed by atoms with Gasteiger partial charge in [-0.3, -0.25) is 9.59 Å². The minimum Gasteiger partial charge on any atom is -0.358 e. The van der Waals surface area contributed by atoms with Crippen LogP contribution >= 0.6 is 0 Å². The molecule has 2 amide bonds. The Morgan fingerprint density at radius 2 is 2.07 bits per heavy atom. The maximum absolute atomic E-state index is 12.8. The lowest BCUT2D eigenvalue weighted by molar-refractivity contribution is -0.125. The smallest absolute Gasteiger partial charge is 0.246 e. The van der Waals surface area contributed by atoms with Gasteiger partial charge in [-0.2, -0.15) is 0 Å². The van der Waals surface area contributed by atoms with Crippen LogP contribution in [0.3, 0.4) is 0 Å². The molecule has 4 rings (SSSR count). The van der Waals surface area contributed by atoms with E-state index in [0.29, 0.717) is 25.2 Å². The van der Waals surface area contributed by atoms with Crippen molar-refractivity contribution in [1.82, 2.24) is 14.9 Å². The molecule has 6 heteroatoms. The molecule has 0 bridgehead atoms. The molecule has 0 spiro atoms. The van der Waals surface area contributed by atoms with Crippen molar-refractivity contribution >= 4 is 34.1 Å². The fourth-order valence-electron chi connectivity index (χ4n) is 3.70. The third-order valence-corrected chi connectivity index (χ3v) is 5.44. The molecule has 3 aromatic rings. The summed E-state index contributed by atoms with van der Waals surface area (Å²) in [5.74, 6) is 0.559. The second-order valence-electron chi connectivity index (χ2n) is 7.58. The lowest BCUT2D eigenvalue weighted by atomic mass is 10.0. The number of aromatic amines is 1. The van der Waals surface area contributed by atoms with Crippen molar-refractivity contribution in [1.29, 1.82) is 0 Å². The minimum atomic E-state index is -0.0572. The van der Waals surface area contributed by atoms with Crippen LogP contribution in [-0.2, 0) is 22.6 Å². The largest absolute Gasteiger partial charge is 0.358 e. The zero-order valence-corrected chi connectivity index (χ0v) is 16.9. The van der Waals surface area contributed by atoms with Crippen LogP contribution in [0.4, 0.5) is 5.82 Å². The second kappa shape index (κ2) is 7.54. The third-order valence-electron chi connectivity index (χ3n) is 5.44. The highest BCUT2D eigenvalue weighted by molar-refractivity contribution is 5.96. The van der Waals surface area contributed by atoms with Gasteiger partial charge >= 0.3 is 0 Å². The number of benzene rings is 1. The molecule has 6 nitrogen and oxygen atoms in total. The maximum atomic E-state index is 12.8. The number of para-hydroxylation sites is 1. The van der Waals surface area contributed by atoms with E-state index in [-0.39, 0.29) is 11.8 Å². The molecule has 0 unspecified atom stereocenters. The van der Waals surface area contributed by atoms with Crippen LogP contribution in [0, 0.1) is 6.92 Å². The molecule has 3 heterocycles. The number of carbonyl (C=O) groups is 2. The summed E-state index contributed by atoms with van der Waals surface area (Å²) >= 11 is 0. The third kappa shape index (κ3) is 3.78. The van der Waals surface area contributed by atoms with Gasteiger partial charge in [0.25, 0.3) is 0 Å². The highest BCUT2D eigenvalue weighted by Crippen LogP contribution is 2.25. The average molecular weight is 388 g/mol. The summed E-state index contributed by atoms with van der Waals surface area (Å²) in [6.45, 7) is 4.48. The van der Waals surface area contributed by atoms with E-state index in [1.54, 1.807) is 17.2 Å². The van der Waals surface area contributed by atoms with Crippen molar-refractivity contribution in [3.63, 3.8) is 0 Å². The number of hydrogen-bond acceptors (Lipinski definition) is 3. The van der Waals surface area contributed by atoms with E-state index in [1.807, 2.05) is 45.2 Å². The van der Waals surface area contributed by atoms with Crippen LogP contribution in [-0.4, -0.2) is 33.7 Å². The molecule has 148 valence electrons. The van der Waals surface area contributed by atoms with Crippen LogP contribution in [0.5, 0.6) is 0 Å². The standard InChI is InChI=1S/C23H24N4O2/c1-14(17-11-16-8-9-21(28)26-23(16)24-12-17)10-22(29)27(3)13-19-15(2)25-20-7-5-4-6-18(19)20/h4-7,10-12,25H,8-9,13H2,1-3H3,(H,24,26,28). The van der Waals surface area contributed by atoms with Gasteiger partial charge in [0.2, 0.25) is 11.8 Å². The van der Waals surface area contributed by atoms with Crippen LogP contribution in [0.15, 0.2) is 42.6 Å². The number of anilines is 1. The number of H-pyrrole nitrogens is 1. The van der Waals surface area contributed by atoms with Crippen molar-refractivity contribution in [3.8, 4) is 0 Å². The first-order valence-electron chi connectivity index (χ1n) is 9.71. The summed E-state index contributed by atoms with van der Waals surface area (Å²) in [6, 6.07) is 10.1. The van der Waals surface area contributed by atoms with Gasteiger partial charge in [-0.25, -0.2) is 4.98 Å². The number of pyridine rings is 1. The normalized spacial score (nSPS) is 13.9. The fraction of sp³-hybridized carbons (Fsp3) is 0.261. The number of nitrogens with zero attached hydrogens (tertiary/aromatic N) is 2. The van der Waals surface area contributed by atoms with Crippen LogP contribution in [0.1, 0.15) is 35.7 Å². The summed E-state index contributed by atoms with van der Waals surface area (Å²) in [7, 11) is 1.81. The van der Waals surface area contributed by atoms with E-state index in [0.717, 1.165) is 38.9 Å². The zero-order chi connectivity index (χ0) is 20.5. The second-order valence-corrected chi connectivity index (χ2v) is 7.58. The molecule has 1 aliphatic rings. The summed E-state index contributed by atoms with van der Waals surface area (Å²) in [6.07, 6.45) is 4.48. The number of carbonyl (C=O) groups excluding carboxylic acids is 2. The van der Waals surface area contributed by atoms with Gasteiger partial charge in [0, 0.05) is 48.9 Å². The predicted molar refractivity (Wildman–Crippen MR) is 114 cm³/mol. The quantitative estimate of drug-likeness (QED) is 0.667. The van der Waals surface area contributed by atoms with Crippen molar-refractivity contribution in [2.75, 3.05) is 12.4 Å². The molecule has 0 saturated heterocycles. The molecule has 0 saturated carbocycles. The number of fused-ring (bicyclic) bond motifs is 2. The van der Waals surface area contributed by atoms with Gasteiger partial charge in [0.15, 0.2) is 0 Å². The number of hydrogen-bond donors (Lipinski definition) is 2. The molecular formula is C23H24N4O2. The Morgan fingerprint density at radius 1 is 1.28 bits per heavy atom. The molecular weight excluding hydrogens is 364 g/mol. The summed E-state index contributed by atoms with van der Waals surface area (Å²) in [5, 5.41) is 3.93. The first kappa shape index (κ1) is 18.9. The SMILES string of the molecule is CC(=CC(=O)N(C)Cc1c(C)[nH]c2ccccc12)c1cnc2c(c1)CCC(=O)N2. The summed E-state index contributed by atoms with van der Waals surface area (Å²) < 4.78 is 0. The average Bonchev–Trinajstić information content (AvgIpc) is 3.02. The molecule has 0 fully saturated rings. The Hall–Kier alpha value is -3.41. The number of nitrogens with one attached hydrogen (secondary N) is 2. The first-order chi connectivity index (χ1) is 13.9. The van der Waals surface area contributed by atoms with Gasteiger partial charge in [-0.1, -0.05) is 18.2 Å². The summed E-state index contributed by atoms with van der Waals surface area (Å²) in [5.41, 5.74) is 6.04. The van der Waals surface area contributed by atoms with Crippen molar-refractivity contribution in [2.45, 2.75) is 33.2 Å². The number of rotatable bonds is 4.